The number of rotatable bonds is 4. The molecule has 0 spiro atoms. The van der Waals surface area contributed by atoms with Crippen molar-refractivity contribution in [2.45, 2.75) is 6.18 Å². The normalized spacial score (nSPS) is 11.2. The molecule has 0 saturated carbocycles. The van der Waals surface area contributed by atoms with Gasteiger partial charge in [0.25, 0.3) is 5.91 Å². The minimum atomic E-state index is -4.64. The van der Waals surface area contributed by atoms with Crippen LogP contribution in [0.3, 0.4) is 0 Å². The number of aromatic nitrogens is 2. The monoisotopic (exact) mass is 394 g/mol. The highest BCUT2D eigenvalue weighted by atomic mass is 19.4. The first-order valence-electron chi connectivity index (χ1n) is 7.77. The van der Waals surface area contributed by atoms with Crippen LogP contribution in [0.4, 0.5) is 39.1 Å². The van der Waals surface area contributed by atoms with Crippen molar-refractivity contribution in [2.75, 3.05) is 10.6 Å². The van der Waals surface area contributed by atoms with E-state index in [-0.39, 0.29) is 17.2 Å². The lowest BCUT2D eigenvalue weighted by Gasteiger charge is -2.13. The van der Waals surface area contributed by atoms with Gasteiger partial charge in [0.1, 0.15) is 11.6 Å². The molecule has 0 unspecified atom stereocenters. The van der Waals surface area contributed by atoms with Crippen LogP contribution in [0.15, 0.2) is 54.6 Å². The number of nitrogens with one attached hydrogen (secondary N) is 2. The van der Waals surface area contributed by atoms with Gasteiger partial charge in [0.05, 0.1) is 16.9 Å². The predicted molar refractivity (Wildman–Crippen MR) is 91.1 cm³/mol. The summed E-state index contributed by atoms with van der Waals surface area (Å²) in [5.41, 5.74) is -1.73. The van der Waals surface area contributed by atoms with Gasteiger partial charge < -0.3 is 10.6 Å². The van der Waals surface area contributed by atoms with Gasteiger partial charge in [0.2, 0.25) is 0 Å². The summed E-state index contributed by atoms with van der Waals surface area (Å²) in [6.07, 6.45) is -4.64. The largest absolute Gasteiger partial charge is 0.418 e. The maximum absolute atomic E-state index is 13.6. The van der Waals surface area contributed by atoms with E-state index in [0.29, 0.717) is 6.07 Å². The number of anilines is 3. The third kappa shape index (κ3) is 4.40. The van der Waals surface area contributed by atoms with Gasteiger partial charge in [0, 0.05) is 6.07 Å². The van der Waals surface area contributed by atoms with Crippen LogP contribution in [0.2, 0.25) is 0 Å². The smallest absolute Gasteiger partial charge is 0.336 e. The Balaban J connectivity index is 1.74. The number of amides is 1. The van der Waals surface area contributed by atoms with Crippen LogP contribution in [0.5, 0.6) is 0 Å². The number of carbonyl (C=O) groups excluding carboxylic acids is 1. The first kappa shape index (κ1) is 19.2. The van der Waals surface area contributed by atoms with E-state index in [1.165, 1.54) is 24.3 Å². The van der Waals surface area contributed by atoms with Crippen molar-refractivity contribution >= 4 is 23.1 Å². The van der Waals surface area contributed by atoms with Crippen molar-refractivity contribution in [3.05, 3.63) is 77.5 Å². The zero-order valence-corrected chi connectivity index (χ0v) is 13.9. The quantitative estimate of drug-likeness (QED) is 0.626. The second-order valence-electron chi connectivity index (χ2n) is 5.55. The molecule has 2 N–H and O–H groups in total. The third-order valence-corrected chi connectivity index (χ3v) is 3.57. The number of hydrogen-bond donors (Lipinski definition) is 2. The minimum Gasteiger partial charge on any atom is -0.336 e. The summed E-state index contributed by atoms with van der Waals surface area (Å²) in [5, 5.41) is 12.0. The first-order chi connectivity index (χ1) is 13.2. The van der Waals surface area contributed by atoms with Crippen molar-refractivity contribution in [1.29, 1.82) is 0 Å². The summed E-state index contributed by atoms with van der Waals surface area (Å²) in [6.45, 7) is 0. The molecule has 10 heteroatoms. The van der Waals surface area contributed by atoms with Crippen LogP contribution >= 0.6 is 0 Å². The summed E-state index contributed by atoms with van der Waals surface area (Å²) in [5.74, 6) is -2.45. The van der Waals surface area contributed by atoms with Gasteiger partial charge in [-0.25, -0.2) is 8.78 Å². The lowest BCUT2D eigenvalue weighted by Crippen LogP contribution is -2.18. The summed E-state index contributed by atoms with van der Waals surface area (Å²) in [6, 6.07) is 9.85. The number of benzene rings is 2. The first-order valence-corrected chi connectivity index (χ1v) is 7.77. The molecule has 3 rings (SSSR count). The van der Waals surface area contributed by atoms with Crippen molar-refractivity contribution in [2.24, 2.45) is 0 Å². The molecule has 28 heavy (non-hydrogen) atoms. The molecule has 144 valence electrons. The molecule has 0 atom stereocenters. The maximum atomic E-state index is 13.6. The van der Waals surface area contributed by atoms with Crippen LogP contribution in [0, 0.1) is 11.6 Å². The van der Waals surface area contributed by atoms with Crippen molar-refractivity contribution in [3.8, 4) is 0 Å². The highest BCUT2D eigenvalue weighted by Crippen LogP contribution is 2.34. The number of para-hydroxylation sites is 1. The second kappa shape index (κ2) is 7.59. The summed E-state index contributed by atoms with van der Waals surface area (Å²) in [4.78, 5) is 12.2. The lowest BCUT2D eigenvalue weighted by atomic mass is 10.1. The van der Waals surface area contributed by atoms with Crippen LogP contribution in [0.25, 0.3) is 0 Å². The number of hydrogen-bond acceptors (Lipinski definition) is 4. The molecule has 0 radical (unpaired) electrons. The van der Waals surface area contributed by atoms with E-state index in [9.17, 15) is 26.7 Å². The van der Waals surface area contributed by atoms with E-state index >= 15 is 0 Å². The van der Waals surface area contributed by atoms with E-state index < -0.39 is 35.0 Å². The number of halogens is 5. The summed E-state index contributed by atoms with van der Waals surface area (Å²) >= 11 is 0. The van der Waals surface area contributed by atoms with Gasteiger partial charge in [-0.15, -0.1) is 10.2 Å². The van der Waals surface area contributed by atoms with E-state index in [1.54, 1.807) is 0 Å². The van der Waals surface area contributed by atoms with Gasteiger partial charge in [-0.2, -0.15) is 13.2 Å². The highest BCUT2D eigenvalue weighted by molar-refractivity contribution is 6.03. The Kier molecular flexibility index (Phi) is 5.21. The minimum absolute atomic E-state index is 0.0535. The second-order valence-corrected chi connectivity index (χ2v) is 5.55. The molecule has 1 amide bonds. The zero-order chi connectivity index (χ0) is 20.3. The van der Waals surface area contributed by atoms with Crippen LogP contribution in [0.1, 0.15) is 16.1 Å². The molecule has 0 aliphatic rings. The van der Waals surface area contributed by atoms with E-state index in [2.05, 4.69) is 20.8 Å². The standard InChI is InChI=1S/C18H11F5N4O/c19-10-5-6-14(12(20)9-10)24-16-8-7-15(26-27-16)17(28)25-13-4-2-1-3-11(13)18(21,22)23/h1-9H,(H,24,27)(H,25,28). The van der Waals surface area contributed by atoms with Crippen molar-refractivity contribution in [3.63, 3.8) is 0 Å². The predicted octanol–water partition coefficient (Wildman–Crippen LogP) is 4.77. The van der Waals surface area contributed by atoms with E-state index in [0.717, 1.165) is 24.3 Å². The Bertz CT molecular complexity index is 1010. The number of nitrogens with zero attached hydrogens (tertiary/aromatic N) is 2. The average Bonchev–Trinajstić information content (AvgIpc) is 2.64. The molecule has 1 heterocycles. The Labute approximate surface area is 155 Å². The molecule has 0 bridgehead atoms. The highest BCUT2D eigenvalue weighted by Gasteiger charge is 2.33. The zero-order valence-electron chi connectivity index (χ0n) is 13.9. The van der Waals surface area contributed by atoms with Crippen molar-refractivity contribution in [1.82, 2.24) is 10.2 Å². The molecule has 5 nitrogen and oxygen atoms in total. The summed E-state index contributed by atoms with van der Waals surface area (Å²) < 4.78 is 65.4. The Morgan fingerprint density at radius 2 is 1.64 bits per heavy atom. The number of alkyl halides is 3. The average molecular weight is 394 g/mol. The molecule has 1 aromatic heterocycles. The van der Waals surface area contributed by atoms with Gasteiger partial charge in [-0.3, -0.25) is 4.79 Å². The van der Waals surface area contributed by atoms with Gasteiger partial charge in [-0.05, 0) is 36.4 Å². The molecular formula is C18H11F5N4O. The van der Waals surface area contributed by atoms with Crippen LogP contribution < -0.4 is 10.6 Å². The SMILES string of the molecule is O=C(Nc1ccccc1C(F)(F)F)c1ccc(Nc2ccc(F)cc2F)nn1. The Morgan fingerprint density at radius 3 is 2.29 bits per heavy atom. The Morgan fingerprint density at radius 1 is 0.893 bits per heavy atom. The molecule has 0 fully saturated rings. The van der Waals surface area contributed by atoms with E-state index in [1.807, 2.05) is 0 Å². The molecular weight excluding hydrogens is 383 g/mol. The topological polar surface area (TPSA) is 66.9 Å². The molecule has 3 aromatic rings. The van der Waals surface area contributed by atoms with Gasteiger partial charge in [-0.1, -0.05) is 12.1 Å². The molecule has 0 saturated heterocycles. The molecule has 2 aromatic carbocycles. The van der Waals surface area contributed by atoms with Crippen LogP contribution in [-0.4, -0.2) is 16.1 Å². The van der Waals surface area contributed by atoms with Gasteiger partial charge in [0.15, 0.2) is 11.5 Å². The Hall–Kier alpha value is -3.56. The number of carbonyl (C=O) groups is 1. The fourth-order valence-electron chi connectivity index (χ4n) is 2.27. The fraction of sp³-hybridized carbons (Fsp3) is 0.0556. The molecule has 0 aliphatic carbocycles. The third-order valence-electron chi connectivity index (χ3n) is 3.57. The lowest BCUT2D eigenvalue weighted by molar-refractivity contribution is -0.136. The van der Waals surface area contributed by atoms with E-state index in [4.69, 9.17) is 0 Å². The summed E-state index contributed by atoms with van der Waals surface area (Å²) in [7, 11) is 0. The maximum Gasteiger partial charge on any atom is 0.418 e. The van der Waals surface area contributed by atoms with Gasteiger partial charge >= 0.3 is 6.18 Å². The molecule has 0 aliphatic heterocycles. The van der Waals surface area contributed by atoms with Crippen LogP contribution in [-0.2, 0) is 6.18 Å². The fourth-order valence-corrected chi connectivity index (χ4v) is 2.27. The van der Waals surface area contributed by atoms with Crippen molar-refractivity contribution < 1.29 is 26.7 Å².